The predicted molar refractivity (Wildman–Crippen MR) is 89.3 cm³/mol. The highest BCUT2D eigenvalue weighted by Gasteiger charge is 2.07. The first-order valence-corrected chi connectivity index (χ1v) is 7.81. The zero-order valence-electron chi connectivity index (χ0n) is 14.1. The van der Waals surface area contributed by atoms with E-state index >= 15 is 0 Å². The SMILES string of the molecule is CCCOc1ncccc1CN=C(NCC)NC(C)COC. The molecule has 2 N–H and O–H groups in total. The molecule has 0 radical (unpaired) electrons. The lowest BCUT2D eigenvalue weighted by molar-refractivity contribution is 0.179. The summed E-state index contributed by atoms with van der Waals surface area (Å²) in [4.78, 5) is 8.87. The lowest BCUT2D eigenvalue weighted by Gasteiger charge is -2.17. The first kappa shape index (κ1) is 18.2. The van der Waals surface area contributed by atoms with Gasteiger partial charge in [-0.15, -0.1) is 0 Å². The maximum atomic E-state index is 5.66. The van der Waals surface area contributed by atoms with Crippen molar-refractivity contribution in [3.8, 4) is 5.88 Å². The Morgan fingerprint density at radius 2 is 2.23 bits per heavy atom. The van der Waals surface area contributed by atoms with Crippen molar-refractivity contribution in [1.82, 2.24) is 15.6 Å². The van der Waals surface area contributed by atoms with Crippen molar-refractivity contribution in [2.24, 2.45) is 4.99 Å². The molecule has 0 bridgehead atoms. The van der Waals surface area contributed by atoms with E-state index in [9.17, 15) is 0 Å². The van der Waals surface area contributed by atoms with Gasteiger partial charge in [-0.25, -0.2) is 9.98 Å². The van der Waals surface area contributed by atoms with Gasteiger partial charge in [0.1, 0.15) is 0 Å². The number of ether oxygens (including phenoxy) is 2. The number of nitrogens with one attached hydrogen (secondary N) is 2. The van der Waals surface area contributed by atoms with E-state index in [2.05, 4.69) is 34.5 Å². The van der Waals surface area contributed by atoms with Crippen LogP contribution in [0.5, 0.6) is 5.88 Å². The van der Waals surface area contributed by atoms with E-state index in [1.807, 2.05) is 19.1 Å². The van der Waals surface area contributed by atoms with Crippen LogP contribution < -0.4 is 15.4 Å². The third-order valence-electron chi connectivity index (χ3n) is 2.84. The molecule has 22 heavy (non-hydrogen) atoms. The molecule has 0 aliphatic rings. The van der Waals surface area contributed by atoms with Gasteiger partial charge in [-0.2, -0.15) is 0 Å². The Morgan fingerprint density at radius 1 is 1.41 bits per heavy atom. The summed E-state index contributed by atoms with van der Waals surface area (Å²) in [6.07, 6.45) is 2.69. The smallest absolute Gasteiger partial charge is 0.218 e. The second-order valence-corrected chi connectivity index (χ2v) is 5.01. The monoisotopic (exact) mass is 308 g/mol. The number of hydrogen-bond donors (Lipinski definition) is 2. The Hall–Kier alpha value is -1.82. The van der Waals surface area contributed by atoms with Crippen LogP contribution in [0.4, 0.5) is 0 Å². The van der Waals surface area contributed by atoms with Crippen molar-refractivity contribution in [3.05, 3.63) is 23.9 Å². The number of pyridine rings is 1. The quantitative estimate of drug-likeness (QED) is 0.539. The molecule has 1 heterocycles. The number of nitrogens with zero attached hydrogens (tertiary/aromatic N) is 2. The normalized spacial score (nSPS) is 12.8. The minimum Gasteiger partial charge on any atom is -0.477 e. The zero-order valence-corrected chi connectivity index (χ0v) is 14.1. The standard InChI is InChI=1S/C16H28N4O2/c1-5-10-22-15-14(8-7-9-18-15)11-19-16(17-6-2)20-13(3)12-21-4/h7-9,13H,5-6,10-12H2,1-4H3,(H2,17,19,20). The number of guanidine groups is 1. The Kier molecular flexibility index (Phi) is 8.98. The van der Waals surface area contributed by atoms with Crippen LogP contribution in [0.15, 0.2) is 23.3 Å². The fraction of sp³-hybridized carbons (Fsp3) is 0.625. The van der Waals surface area contributed by atoms with Crippen LogP contribution >= 0.6 is 0 Å². The van der Waals surface area contributed by atoms with Crippen LogP contribution in [0.1, 0.15) is 32.8 Å². The van der Waals surface area contributed by atoms with Gasteiger partial charge in [0.2, 0.25) is 5.88 Å². The van der Waals surface area contributed by atoms with E-state index in [1.54, 1.807) is 13.3 Å². The Balaban J connectivity index is 2.72. The molecule has 1 aromatic rings. The second-order valence-electron chi connectivity index (χ2n) is 5.01. The summed E-state index contributed by atoms with van der Waals surface area (Å²) in [5.41, 5.74) is 0.979. The van der Waals surface area contributed by atoms with Gasteiger partial charge in [-0.05, 0) is 26.3 Å². The van der Waals surface area contributed by atoms with Gasteiger partial charge in [-0.3, -0.25) is 0 Å². The van der Waals surface area contributed by atoms with Crippen LogP contribution in [-0.2, 0) is 11.3 Å². The largest absolute Gasteiger partial charge is 0.477 e. The molecule has 0 saturated heterocycles. The summed E-state index contributed by atoms with van der Waals surface area (Å²) < 4.78 is 10.8. The molecular formula is C16H28N4O2. The molecule has 6 nitrogen and oxygen atoms in total. The molecule has 0 spiro atoms. The molecule has 1 aromatic heterocycles. The first-order valence-electron chi connectivity index (χ1n) is 7.81. The third-order valence-corrected chi connectivity index (χ3v) is 2.84. The molecule has 1 atom stereocenters. The molecule has 0 aliphatic heterocycles. The van der Waals surface area contributed by atoms with Crippen molar-refractivity contribution in [3.63, 3.8) is 0 Å². The van der Waals surface area contributed by atoms with E-state index in [0.717, 1.165) is 24.5 Å². The van der Waals surface area contributed by atoms with Crippen LogP contribution in [0, 0.1) is 0 Å². The highest BCUT2D eigenvalue weighted by atomic mass is 16.5. The van der Waals surface area contributed by atoms with E-state index in [1.165, 1.54) is 0 Å². The van der Waals surface area contributed by atoms with E-state index < -0.39 is 0 Å². The summed E-state index contributed by atoms with van der Waals surface area (Å²) in [6, 6.07) is 4.08. The lowest BCUT2D eigenvalue weighted by Crippen LogP contribution is -2.43. The summed E-state index contributed by atoms with van der Waals surface area (Å²) in [5.74, 6) is 1.42. The third kappa shape index (κ3) is 6.76. The van der Waals surface area contributed by atoms with Crippen LogP contribution in [0.25, 0.3) is 0 Å². The lowest BCUT2D eigenvalue weighted by atomic mass is 10.3. The first-order chi connectivity index (χ1) is 10.7. The van der Waals surface area contributed by atoms with Gasteiger partial charge >= 0.3 is 0 Å². The van der Waals surface area contributed by atoms with Crippen molar-refractivity contribution >= 4 is 5.96 Å². The van der Waals surface area contributed by atoms with E-state index in [-0.39, 0.29) is 6.04 Å². The average Bonchev–Trinajstić information content (AvgIpc) is 2.52. The second kappa shape index (κ2) is 10.8. The van der Waals surface area contributed by atoms with Crippen LogP contribution in [0.2, 0.25) is 0 Å². The molecule has 6 heteroatoms. The van der Waals surface area contributed by atoms with Gasteiger partial charge in [0, 0.05) is 31.5 Å². The maximum absolute atomic E-state index is 5.66. The van der Waals surface area contributed by atoms with Crippen molar-refractivity contribution in [1.29, 1.82) is 0 Å². The summed E-state index contributed by atoms with van der Waals surface area (Å²) >= 11 is 0. The van der Waals surface area contributed by atoms with Gasteiger partial charge in [0.15, 0.2) is 5.96 Å². The number of hydrogen-bond acceptors (Lipinski definition) is 4. The van der Waals surface area contributed by atoms with Gasteiger partial charge in [-0.1, -0.05) is 13.0 Å². The maximum Gasteiger partial charge on any atom is 0.218 e. The molecule has 0 aromatic carbocycles. The number of rotatable bonds is 9. The Labute approximate surface area is 133 Å². The van der Waals surface area contributed by atoms with Crippen molar-refractivity contribution < 1.29 is 9.47 Å². The molecule has 124 valence electrons. The molecule has 0 aliphatic carbocycles. The van der Waals surface area contributed by atoms with E-state index in [4.69, 9.17) is 9.47 Å². The number of aromatic nitrogens is 1. The minimum atomic E-state index is 0.188. The molecule has 0 fully saturated rings. The topological polar surface area (TPSA) is 67.8 Å². The molecule has 1 unspecified atom stereocenters. The van der Waals surface area contributed by atoms with Gasteiger partial charge < -0.3 is 20.1 Å². The Morgan fingerprint density at radius 3 is 2.91 bits per heavy atom. The highest BCUT2D eigenvalue weighted by Crippen LogP contribution is 2.15. The van der Waals surface area contributed by atoms with Gasteiger partial charge in [0.05, 0.1) is 19.8 Å². The highest BCUT2D eigenvalue weighted by molar-refractivity contribution is 5.80. The molecule has 0 saturated carbocycles. The number of aliphatic imine (C=N–C) groups is 1. The predicted octanol–water partition coefficient (Wildman–Crippen LogP) is 1.96. The summed E-state index contributed by atoms with van der Waals surface area (Å²) in [5, 5.41) is 6.53. The summed E-state index contributed by atoms with van der Waals surface area (Å²) in [6.45, 7) is 8.78. The van der Waals surface area contributed by atoms with Crippen LogP contribution in [0.3, 0.4) is 0 Å². The summed E-state index contributed by atoms with van der Waals surface area (Å²) in [7, 11) is 1.69. The Bertz CT molecular complexity index is 452. The van der Waals surface area contributed by atoms with Gasteiger partial charge in [0.25, 0.3) is 0 Å². The van der Waals surface area contributed by atoms with Crippen molar-refractivity contribution in [2.75, 3.05) is 26.9 Å². The average molecular weight is 308 g/mol. The molecular weight excluding hydrogens is 280 g/mol. The van der Waals surface area contributed by atoms with Crippen LogP contribution in [-0.4, -0.2) is 43.9 Å². The fourth-order valence-corrected chi connectivity index (χ4v) is 1.88. The van der Waals surface area contributed by atoms with Crippen molar-refractivity contribution in [2.45, 2.75) is 39.8 Å². The molecule has 1 rings (SSSR count). The molecule has 0 amide bonds. The van der Waals surface area contributed by atoms with E-state index in [0.29, 0.717) is 25.6 Å². The minimum absolute atomic E-state index is 0.188. The fourth-order valence-electron chi connectivity index (χ4n) is 1.88. The zero-order chi connectivity index (χ0) is 16.2. The number of methoxy groups -OCH3 is 1.